The van der Waals surface area contributed by atoms with Gasteiger partial charge in [-0.05, 0) is 12.3 Å². The molecule has 0 aliphatic carbocycles. The van der Waals surface area contributed by atoms with Gasteiger partial charge < -0.3 is 0 Å². The molecule has 0 heterocycles. The molecule has 3 nitrogen and oxygen atoms in total. The molecule has 24 heavy (non-hydrogen) atoms. The average Bonchev–Trinajstić information content (AvgIpc) is 2.53. The van der Waals surface area contributed by atoms with Crippen LogP contribution in [0.2, 0.25) is 0 Å². The Hall–Kier alpha value is -0.0900. The lowest BCUT2D eigenvalue weighted by Gasteiger charge is -2.12. The van der Waals surface area contributed by atoms with E-state index in [1.54, 1.807) is 0 Å². The van der Waals surface area contributed by atoms with Gasteiger partial charge in [-0.15, -0.1) is 0 Å². The van der Waals surface area contributed by atoms with Crippen LogP contribution in [0.25, 0.3) is 0 Å². The van der Waals surface area contributed by atoms with E-state index < -0.39 is 10.1 Å². The molecule has 0 fully saturated rings. The molecule has 1 atom stereocenters. The van der Waals surface area contributed by atoms with Crippen molar-refractivity contribution in [2.24, 2.45) is 5.92 Å². The first kappa shape index (κ1) is 23.9. The van der Waals surface area contributed by atoms with Crippen molar-refractivity contribution in [2.45, 2.75) is 117 Å². The predicted molar refractivity (Wildman–Crippen MR) is 105 cm³/mol. The summed E-state index contributed by atoms with van der Waals surface area (Å²) in [5, 5.41) is 0. The Balaban J connectivity index is 3.27. The third-order valence-electron chi connectivity index (χ3n) is 4.99. The van der Waals surface area contributed by atoms with Crippen LogP contribution >= 0.6 is 0 Å². The minimum absolute atomic E-state index is 0.0675. The molecule has 0 spiro atoms. The summed E-state index contributed by atoms with van der Waals surface area (Å²) in [6.45, 7) is 4.27. The van der Waals surface area contributed by atoms with E-state index in [0.717, 1.165) is 19.3 Å². The van der Waals surface area contributed by atoms with Crippen molar-refractivity contribution in [1.29, 1.82) is 0 Å². The van der Waals surface area contributed by atoms with Crippen LogP contribution in [0.5, 0.6) is 0 Å². The van der Waals surface area contributed by atoms with Crippen LogP contribution in [0.4, 0.5) is 0 Å². The Labute approximate surface area is 151 Å². The van der Waals surface area contributed by atoms with Crippen LogP contribution in [0.3, 0.4) is 0 Å². The summed E-state index contributed by atoms with van der Waals surface area (Å²) in [5.41, 5.74) is 0. The van der Waals surface area contributed by atoms with Gasteiger partial charge in [-0.25, -0.2) is 0 Å². The molecule has 146 valence electrons. The number of rotatable bonds is 18. The Morgan fingerprint density at radius 3 is 1.38 bits per heavy atom. The van der Waals surface area contributed by atoms with E-state index in [0.29, 0.717) is 0 Å². The fourth-order valence-electron chi connectivity index (χ4n) is 3.33. The predicted octanol–water partition coefficient (Wildman–Crippen LogP) is 6.77. The first-order valence-electron chi connectivity index (χ1n) is 10.4. The van der Waals surface area contributed by atoms with Gasteiger partial charge in [0.15, 0.2) is 0 Å². The van der Waals surface area contributed by atoms with Crippen LogP contribution in [0.15, 0.2) is 0 Å². The van der Waals surface area contributed by atoms with Crippen molar-refractivity contribution in [2.75, 3.05) is 5.75 Å². The SMILES string of the molecule is CCCCCCCCCCCCCCCCC(CC)CS(=O)(=O)O. The van der Waals surface area contributed by atoms with Crippen LogP contribution < -0.4 is 0 Å². The molecule has 1 unspecified atom stereocenters. The highest BCUT2D eigenvalue weighted by Crippen LogP contribution is 2.17. The van der Waals surface area contributed by atoms with Crippen molar-refractivity contribution in [3.05, 3.63) is 0 Å². The van der Waals surface area contributed by atoms with Gasteiger partial charge in [0.05, 0.1) is 5.75 Å². The Morgan fingerprint density at radius 1 is 0.667 bits per heavy atom. The summed E-state index contributed by atoms with van der Waals surface area (Å²) < 4.78 is 30.7. The molecule has 0 saturated carbocycles. The Kier molecular flexibility index (Phi) is 16.3. The zero-order valence-corrected chi connectivity index (χ0v) is 17.1. The van der Waals surface area contributed by atoms with E-state index in [2.05, 4.69) is 6.92 Å². The molecule has 0 bridgehead atoms. The van der Waals surface area contributed by atoms with E-state index in [1.165, 1.54) is 83.5 Å². The van der Waals surface area contributed by atoms with Gasteiger partial charge in [-0.2, -0.15) is 8.42 Å². The van der Waals surface area contributed by atoms with Crippen molar-refractivity contribution in [1.82, 2.24) is 0 Å². The second-order valence-corrected chi connectivity index (χ2v) is 8.90. The fraction of sp³-hybridized carbons (Fsp3) is 1.00. The minimum Gasteiger partial charge on any atom is -0.286 e. The van der Waals surface area contributed by atoms with E-state index in [4.69, 9.17) is 4.55 Å². The monoisotopic (exact) mass is 362 g/mol. The van der Waals surface area contributed by atoms with Gasteiger partial charge >= 0.3 is 0 Å². The highest BCUT2D eigenvalue weighted by molar-refractivity contribution is 7.85. The van der Waals surface area contributed by atoms with Gasteiger partial charge in [0.2, 0.25) is 0 Å². The molecular weight excluding hydrogens is 320 g/mol. The second kappa shape index (κ2) is 16.4. The highest BCUT2D eigenvalue weighted by atomic mass is 32.2. The minimum atomic E-state index is -3.80. The van der Waals surface area contributed by atoms with Crippen molar-refractivity contribution in [3.8, 4) is 0 Å². The molecule has 1 N–H and O–H groups in total. The van der Waals surface area contributed by atoms with Crippen LogP contribution in [0.1, 0.15) is 117 Å². The molecule has 0 saturated heterocycles. The average molecular weight is 363 g/mol. The van der Waals surface area contributed by atoms with E-state index in [-0.39, 0.29) is 11.7 Å². The number of hydrogen-bond acceptors (Lipinski definition) is 2. The summed E-state index contributed by atoms with van der Waals surface area (Å²) in [4.78, 5) is 0. The Morgan fingerprint density at radius 2 is 1.04 bits per heavy atom. The first-order chi connectivity index (χ1) is 11.5. The van der Waals surface area contributed by atoms with E-state index >= 15 is 0 Å². The normalized spacial score (nSPS) is 13.3. The lowest BCUT2D eigenvalue weighted by atomic mass is 9.99. The lowest BCUT2D eigenvalue weighted by molar-refractivity contribution is 0.433. The summed E-state index contributed by atoms with van der Waals surface area (Å²) in [7, 11) is -3.80. The molecule has 0 radical (unpaired) electrons. The van der Waals surface area contributed by atoms with E-state index in [9.17, 15) is 8.42 Å². The first-order valence-corrected chi connectivity index (χ1v) is 12.1. The maximum Gasteiger partial charge on any atom is 0.265 e. The van der Waals surface area contributed by atoms with Crippen LogP contribution in [-0.2, 0) is 10.1 Å². The van der Waals surface area contributed by atoms with Gasteiger partial charge in [0.1, 0.15) is 0 Å². The topological polar surface area (TPSA) is 54.4 Å². The van der Waals surface area contributed by atoms with Gasteiger partial charge in [-0.3, -0.25) is 4.55 Å². The lowest BCUT2D eigenvalue weighted by Crippen LogP contribution is -2.14. The molecule has 4 heteroatoms. The highest BCUT2D eigenvalue weighted by Gasteiger charge is 2.14. The van der Waals surface area contributed by atoms with Crippen molar-refractivity contribution >= 4 is 10.1 Å². The van der Waals surface area contributed by atoms with Crippen molar-refractivity contribution < 1.29 is 13.0 Å². The largest absolute Gasteiger partial charge is 0.286 e. The fourth-order valence-corrected chi connectivity index (χ4v) is 4.33. The summed E-state index contributed by atoms with van der Waals surface area (Å²) >= 11 is 0. The molecular formula is C20H42O3S. The molecule has 0 aromatic heterocycles. The zero-order chi connectivity index (χ0) is 18.1. The maximum absolute atomic E-state index is 10.9. The Bertz CT molecular complexity index is 352. The van der Waals surface area contributed by atoms with Crippen molar-refractivity contribution in [3.63, 3.8) is 0 Å². The smallest absolute Gasteiger partial charge is 0.265 e. The zero-order valence-electron chi connectivity index (χ0n) is 16.3. The standard InChI is InChI=1S/C20H42O3S/c1-3-5-6-7-8-9-10-11-12-13-14-15-16-17-18-20(4-2)19-24(21,22)23/h20H,3-19H2,1-2H3,(H,21,22,23). The molecule has 0 aliphatic rings. The van der Waals surface area contributed by atoms with Gasteiger partial charge in [0.25, 0.3) is 10.1 Å². The third kappa shape index (κ3) is 18.3. The number of hydrogen-bond donors (Lipinski definition) is 1. The molecule has 0 aromatic carbocycles. The number of unbranched alkanes of at least 4 members (excludes halogenated alkanes) is 13. The van der Waals surface area contributed by atoms with Gasteiger partial charge in [-0.1, -0.05) is 110 Å². The summed E-state index contributed by atoms with van der Waals surface area (Å²) in [5.74, 6) is 0.0550. The van der Waals surface area contributed by atoms with E-state index in [1.807, 2.05) is 6.92 Å². The molecule has 0 aliphatic heterocycles. The van der Waals surface area contributed by atoms with Gasteiger partial charge in [0, 0.05) is 0 Å². The summed E-state index contributed by atoms with van der Waals surface area (Å²) in [6.07, 6.45) is 20.5. The summed E-state index contributed by atoms with van der Waals surface area (Å²) in [6, 6.07) is 0. The molecule has 0 amide bonds. The van der Waals surface area contributed by atoms with Crippen LogP contribution in [-0.4, -0.2) is 18.7 Å². The third-order valence-corrected chi connectivity index (χ3v) is 5.88. The molecule has 0 rings (SSSR count). The second-order valence-electron chi connectivity index (χ2n) is 7.41. The quantitative estimate of drug-likeness (QED) is 0.216. The maximum atomic E-state index is 10.9. The molecule has 0 aromatic rings. The van der Waals surface area contributed by atoms with Crippen LogP contribution in [0, 0.1) is 5.92 Å².